The van der Waals surface area contributed by atoms with Crippen LogP contribution in [0.4, 0.5) is 4.39 Å². The summed E-state index contributed by atoms with van der Waals surface area (Å²) in [6.07, 6.45) is 1.42. The van der Waals surface area contributed by atoms with E-state index in [0.717, 1.165) is 11.8 Å². The summed E-state index contributed by atoms with van der Waals surface area (Å²) in [6, 6.07) is 5.87. The van der Waals surface area contributed by atoms with E-state index in [1.165, 1.54) is 12.1 Å². The Morgan fingerprint density at radius 1 is 1.37 bits per heavy atom. The van der Waals surface area contributed by atoms with E-state index in [-0.39, 0.29) is 23.1 Å². The molecule has 1 fully saturated rings. The number of esters is 1. The predicted octanol–water partition coefficient (Wildman–Crippen LogP) is 2.09. The van der Waals surface area contributed by atoms with Gasteiger partial charge >= 0.3 is 5.97 Å². The number of aromatic nitrogens is 3. The molecule has 1 saturated heterocycles. The number of carbonyl (C=O) groups is 1. The molecule has 0 radical (unpaired) electrons. The third-order valence-corrected chi connectivity index (χ3v) is 6.62. The van der Waals surface area contributed by atoms with E-state index < -0.39 is 21.9 Å². The molecular formula is C17H18FN3O4S2. The molecule has 0 bridgehead atoms. The van der Waals surface area contributed by atoms with Gasteiger partial charge in [-0.25, -0.2) is 12.8 Å². The average Bonchev–Trinajstić information content (AvgIpc) is 3.17. The molecule has 1 aromatic carbocycles. The lowest BCUT2D eigenvalue weighted by Gasteiger charge is -2.10. The van der Waals surface area contributed by atoms with Crippen molar-refractivity contribution in [2.75, 3.05) is 17.3 Å². The molecule has 1 aliphatic heterocycles. The number of allylic oxidation sites excluding steroid dienone is 1. The molecule has 2 aromatic rings. The van der Waals surface area contributed by atoms with Crippen molar-refractivity contribution in [1.29, 1.82) is 0 Å². The largest absolute Gasteiger partial charge is 0.461 e. The van der Waals surface area contributed by atoms with Crippen molar-refractivity contribution in [3.63, 3.8) is 0 Å². The highest BCUT2D eigenvalue weighted by Gasteiger charge is 2.30. The minimum Gasteiger partial charge on any atom is -0.461 e. The Balaban J connectivity index is 1.67. The molecule has 3 rings (SSSR count). The van der Waals surface area contributed by atoms with Crippen LogP contribution in [0.15, 0.2) is 42.1 Å². The topological polar surface area (TPSA) is 91.2 Å². The molecule has 7 nitrogen and oxygen atoms in total. The van der Waals surface area contributed by atoms with Crippen molar-refractivity contribution in [3.05, 3.63) is 42.7 Å². The number of carbonyl (C=O) groups excluding carboxylic acids is 1. The lowest BCUT2D eigenvalue weighted by atomic mass is 10.2. The second-order valence-corrected chi connectivity index (χ2v) is 9.19. The van der Waals surface area contributed by atoms with Gasteiger partial charge in [0.2, 0.25) is 0 Å². The molecule has 27 heavy (non-hydrogen) atoms. The molecule has 2 heterocycles. The highest BCUT2D eigenvalue weighted by Crippen LogP contribution is 2.25. The number of thioether (sulfide) groups is 1. The Labute approximate surface area is 160 Å². The van der Waals surface area contributed by atoms with E-state index in [0.29, 0.717) is 29.5 Å². The van der Waals surface area contributed by atoms with Crippen molar-refractivity contribution in [1.82, 2.24) is 14.8 Å². The van der Waals surface area contributed by atoms with Crippen LogP contribution >= 0.6 is 11.8 Å². The number of nitrogens with zero attached hydrogens (tertiary/aromatic N) is 3. The van der Waals surface area contributed by atoms with E-state index in [1.54, 1.807) is 22.8 Å². The van der Waals surface area contributed by atoms with Gasteiger partial charge in [-0.3, -0.25) is 9.36 Å². The Kier molecular flexibility index (Phi) is 5.95. The first-order valence-electron chi connectivity index (χ1n) is 8.20. The number of ether oxygens (including phenoxy) is 1. The second kappa shape index (κ2) is 8.22. The summed E-state index contributed by atoms with van der Waals surface area (Å²) in [4.78, 5) is 12.0. The third-order valence-electron chi connectivity index (χ3n) is 3.94. The number of rotatable bonds is 7. The average molecular weight is 411 g/mol. The summed E-state index contributed by atoms with van der Waals surface area (Å²) in [5.74, 6) is -0.404. The number of sulfone groups is 1. The molecule has 0 amide bonds. The van der Waals surface area contributed by atoms with E-state index >= 15 is 0 Å². The molecule has 0 spiro atoms. The highest BCUT2D eigenvalue weighted by molar-refractivity contribution is 7.99. The van der Waals surface area contributed by atoms with Crippen LogP contribution in [0, 0.1) is 5.82 Å². The minimum absolute atomic E-state index is 0.0186. The first kappa shape index (κ1) is 19.6. The van der Waals surface area contributed by atoms with Crippen LogP contribution in [-0.4, -0.2) is 52.5 Å². The van der Waals surface area contributed by atoms with Gasteiger partial charge in [0, 0.05) is 12.1 Å². The molecule has 144 valence electrons. The van der Waals surface area contributed by atoms with Crippen molar-refractivity contribution < 1.29 is 22.3 Å². The van der Waals surface area contributed by atoms with Crippen LogP contribution in [0.1, 0.15) is 6.42 Å². The zero-order valence-corrected chi connectivity index (χ0v) is 16.0. The van der Waals surface area contributed by atoms with Gasteiger partial charge in [-0.15, -0.1) is 16.8 Å². The summed E-state index contributed by atoms with van der Waals surface area (Å²) in [7, 11) is -3.10. The molecule has 0 saturated carbocycles. The monoisotopic (exact) mass is 411 g/mol. The molecule has 1 atom stereocenters. The van der Waals surface area contributed by atoms with E-state index in [1.807, 2.05) is 0 Å². The Morgan fingerprint density at radius 3 is 2.74 bits per heavy atom. The summed E-state index contributed by atoms with van der Waals surface area (Å²) < 4.78 is 43.0. The van der Waals surface area contributed by atoms with Gasteiger partial charge in [-0.05, 0) is 30.7 Å². The molecule has 0 N–H and O–H groups in total. The summed E-state index contributed by atoms with van der Waals surface area (Å²) >= 11 is 1.14. The number of halogens is 1. The quantitative estimate of drug-likeness (QED) is 0.391. The van der Waals surface area contributed by atoms with Gasteiger partial charge in [0.25, 0.3) is 0 Å². The Hall–Kier alpha value is -2.20. The van der Waals surface area contributed by atoms with E-state index in [2.05, 4.69) is 16.8 Å². The van der Waals surface area contributed by atoms with Gasteiger partial charge in [-0.2, -0.15) is 0 Å². The summed E-state index contributed by atoms with van der Waals surface area (Å²) in [6.45, 7) is 4.12. The standard InChI is InChI=1S/C17H18FN3O4S2/c1-2-8-21-16(12-3-5-13(18)6-4-12)19-20-17(21)26-10-15(22)25-14-7-9-27(23,24)11-14/h2-6,14H,1,7-11H2/t14-/m1/s1. The molecule has 0 aliphatic carbocycles. The number of benzene rings is 1. The predicted molar refractivity (Wildman–Crippen MR) is 99.5 cm³/mol. The van der Waals surface area contributed by atoms with Gasteiger partial charge < -0.3 is 4.74 Å². The Bertz CT molecular complexity index is 942. The summed E-state index contributed by atoms with van der Waals surface area (Å²) in [5.41, 5.74) is 0.691. The van der Waals surface area contributed by atoms with Gasteiger partial charge in [-0.1, -0.05) is 17.8 Å². The SMILES string of the molecule is C=CCn1c(SCC(=O)O[C@@H]2CCS(=O)(=O)C2)nnc1-c1ccc(F)cc1. The van der Waals surface area contributed by atoms with Crippen LogP contribution in [-0.2, 0) is 25.9 Å². The maximum Gasteiger partial charge on any atom is 0.316 e. The molecule has 1 aliphatic rings. The second-order valence-electron chi connectivity index (χ2n) is 6.02. The zero-order valence-electron chi connectivity index (χ0n) is 14.4. The molecule has 1 aromatic heterocycles. The lowest BCUT2D eigenvalue weighted by molar-refractivity contribution is -0.144. The zero-order chi connectivity index (χ0) is 19.4. The maximum atomic E-state index is 13.1. The molecule has 0 unspecified atom stereocenters. The number of hydrogen-bond acceptors (Lipinski definition) is 7. The van der Waals surface area contributed by atoms with Gasteiger partial charge in [0.1, 0.15) is 11.9 Å². The van der Waals surface area contributed by atoms with Crippen LogP contribution < -0.4 is 0 Å². The normalized spacial score (nSPS) is 18.3. The van der Waals surface area contributed by atoms with Crippen LogP contribution in [0.5, 0.6) is 0 Å². The van der Waals surface area contributed by atoms with E-state index in [9.17, 15) is 17.6 Å². The third kappa shape index (κ3) is 4.95. The van der Waals surface area contributed by atoms with Crippen molar-refractivity contribution in [2.45, 2.75) is 24.2 Å². The van der Waals surface area contributed by atoms with Crippen molar-refractivity contribution in [3.8, 4) is 11.4 Å². The van der Waals surface area contributed by atoms with Crippen LogP contribution in [0.25, 0.3) is 11.4 Å². The van der Waals surface area contributed by atoms with Crippen LogP contribution in [0.2, 0.25) is 0 Å². The maximum absolute atomic E-state index is 13.1. The fraction of sp³-hybridized carbons (Fsp3) is 0.353. The molecule has 10 heteroatoms. The number of hydrogen-bond donors (Lipinski definition) is 0. The van der Waals surface area contributed by atoms with E-state index in [4.69, 9.17) is 4.74 Å². The minimum atomic E-state index is -3.10. The summed E-state index contributed by atoms with van der Waals surface area (Å²) in [5, 5.41) is 8.71. The first-order chi connectivity index (χ1) is 12.9. The fourth-order valence-electron chi connectivity index (χ4n) is 2.70. The first-order valence-corrected chi connectivity index (χ1v) is 11.0. The molecular weight excluding hydrogens is 393 g/mol. The van der Waals surface area contributed by atoms with Gasteiger partial charge in [0.05, 0.1) is 17.3 Å². The van der Waals surface area contributed by atoms with Crippen molar-refractivity contribution in [2.24, 2.45) is 0 Å². The lowest BCUT2D eigenvalue weighted by Crippen LogP contribution is -2.20. The fourth-order valence-corrected chi connectivity index (χ4v) is 5.02. The van der Waals surface area contributed by atoms with Crippen LogP contribution in [0.3, 0.4) is 0 Å². The Morgan fingerprint density at radius 2 is 2.11 bits per heavy atom. The highest BCUT2D eigenvalue weighted by atomic mass is 32.2. The van der Waals surface area contributed by atoms with Crippen molar-refractivity contribution >= 4 is 27.6 Å². The smallest absolute Gasteiger partial charge is 0.316 e. The van der Waals surface area contributed by atoms with Gasteiger partial charge in [0.15, 0.2) is 20.8 Å².